The van der Waals surface area contributed by atoms with Crippen molar-refractivity contribution in [3.05, 3.63) is 57.1 Å². The molecule has 30 heavy (non-hydrogen) atoms. The smallest absolute Gasteiger partial charge is 0.230 e. The van der Waals surface area contributed by atoms with Gasteiger partial charge in [-0.25, -0.2) is 4.98 Å². The molecule has 0 aliphatic carbocycles. The largest absolute Gasteiger partial charge is 0.337 e. The number of thiazole rings is 1. The van der Waals surface area contributed by atoms with Gasteiger partial charge in [-0.3, -0.25) is 9.59 Å². The normalized spacial score (nSPS) is 13.4. The van der Waals surface area contributed by atoms with E-state index in [1.54, 1.807) is 40.9 Å². The van der Waals surface area contributed by atoms with E-state index in [4.69, 9.17) is 4.98 Å². The van der Waals surface area contributed by atoms with Gasteiger partial charge >= 0.3 is 0 Å². The third-order valence-electron chi connectivity index (χ3n) is 5.18. The van der Waals surface area contributed by atoms with Gasteiger partial charge in [0.25, 0.3) is 0 Å². The summed E-state index contributed by atoms with van der Waals surface area (Å²) in [5.74, 6) is 0.0562. The molecule has 1 aliphatic heterocycles. The van der Waals surface area contributed by atoms with Crippen molar-refractivity contribution in [2.24, 2.45) is 0 Å². The monoisotopic (exact) mass is 453 g/mol. The van der Waals surface area contributed by atoms with E-state index in [-0.39, 0.29) is 11.8 Å². The Bertz CT molecular complexity index is 1210. The van der Waals surface area contributed by atoms with Gasteiger partial charge in [-0.15, -0.1) is 34.0 Å². The summed E-state index contributed by atoms with van der Waals surface area (Å²) in [5.41, 5.74) is 3.20. The Morgan fingerprint density at radius 1 is 1.17 bits per heavy atom. The van der Waals surface area contributed by atoms with Gasteiger partial charge in [0.15, 0.2) is 0 Å². The molecule has 0 bridgehead atoms. The maximum absolute atomic E-state index is 12.7. The van der Waals surface area contributed by atoms with Crippen molar-refractivity contribution in [2.75, 3.05) is 11.9 Å². The van der Waals surface area contributed by atoms with Gasteiger partial charge in [-0.05, 0) is 35.6 Å². The number of benzene rings is 1. The molecule has 0 saturated carbocycles. The zero-order valence-corrected chi connectivity index (χ0v) is 18.8. The summed E-state index contributed by atoms with van der Waals surface area (Å²) in [6, 6.07) is 12.0. The summed E-state index contributed by atoms with van der Waals surface area (Å²) in [6.45, 7) is 2.89. The summed E-state index contributed by atoms with van der Waals surface area (Å²) in [7, 11) is 0. The number of thiophene rings is 2. The average molecular weight is 454 g/mol. The second kappa shape index (κ2) is 7.94. The highest BCUT2D eigenvalue weighted by molar-refractivity contribution is 7.23. The summed E-state index contributed by atoms with van der Waals surface area (Å²) < 4.78 is 1.13. The van der Waals surface area contributed by atoms with E-state index in [9.17, 15) is 9.59 Å². The minimum Gasteiger partial charge on any atom is -0.337 e. The quantitative estimate of drug-likeness (QED) is 0.464. The van der Waals surface area contributed by atoms with Gasteiger partial charge in [0.1, 0.15) is 10.0 Å². The van der Waals surface area contributed by atoms with Crippen LogP contribution in [0.2, 0.25) is 0 Å². The predicted molar refractivity (Wildman–Crippen MR) is 124 cm³/mol. The number of aromatic nitrogens is 1. The van der Waals surface area contributed by atoms with Gasteiger partial charge in [0.2, 0.25) is 11.8 Å². The molecule has 8 heteroatoms. The number of rotatable bonds is 4. The molecular formula is C22H19N3O2S3. The Morgan fingerprint density at radius 3 is 2.80 bits per heavy atom. The molecule has 1 aliphatic rings. The fourth-order valence-electron chi connectivity index (χ4n) is 3.71. The number of nitrogens with zero attached hydrogens (tertiary/aromatic N) is 2. The van der Waals surface area contributed by atoms with Crippen LogP contribution in [0.3, 0.4) is 0 Å². The molecule has 0 unspecified atom stereocenters. The fourth-order valence-corrected chi connectivity index (χ4v) is 6.80. The lowest BCUT2D eigenvalue weighted by atomic mass is 10.0. The van der Waals surface area contributed by atoms with Crippen LogP contribution in [0.15, 0.2) is 41.8 Å². The molecule has 2 amide bonds. The third kappa shape index (κ3) is 3.66. The number of carbonyl (C=O) groups excluding carboxylic acids is 2. The lowest BCUT2D eigenvalue weighted by Gasteiger charge is -2.26. The predicted octanol–water partition coefficient (Wildman–Crippen LogP) is 5.17. The lowest BCUT2D eigenvalue weighted by Crippen LogP contribution is -2.33. The van der Waals surface area contributed by atoms with E-state index < -0.39 is 0 Å². The van der Waals surface area contributed by atoms with Crippen LogP contribution in [-0.4, -0.2) is 28.2 Å². The van der Waals surface area contributed by atoms with Crippen LogP contribution < -0.4 is 5.32 Å². The van der Waals surface area contributed by atoms with Crippen LogP contribution in [0, 0.1) is 0 Å². The van der Waals surface area contributed by atoms with Crippen molar-refractivity contribution in [3.63, 3.8) is 0 Å². The van der Waals surface area contributed by atoms with Gasteiger partial charge in [0.05, 0.1) is 23.2 Å². The molecular weight excluding hydrogens is 434 g/mol. The molecule has 0 atom stereocenters. The van der Waals surface area contributed by atoms with Crippen molar-refractivity contribution in [1.29, 1.82) is 0 Å². The second-order valence-corrected chi connectivity index (χ2v) is 10.4. The first-order chi connectivity index (χ1) is 14.6. The second-order valence-electron chi connectivity index (χ2n) is 7.19. The molecule has 1 aromatic carbocycles. The minimum atomic E-state index is -0.0261. The van der Waals surface area contributed by atoms with E-state index in [2.05, 4.69) is 11.4 Å². The highest BCUT2D eigenvalue weighted by atomic mass is 32.1. The number of hydrogen-bond donors (Lipinski definition) is 1. The number of hydrogen-bond acceptors (Lipinski definition) is 6. The van der Waals surface area contributed by atoms with E-state index in [0.29, 0.717) is 19.5 Å². The number of anilines is 1. The molecule has 152 valence electrons. The Balaban J connectivity index is 1.54. The molecule has 4 heterocycles. The summed E-state index contributed by atoms with van der Waals surface area (Å²) in [5, 5.41) is 6.89. The van der Waals surface area contributed by atoms with Crippen molar-refractivity contribution in [1.82, 2.24) is 9.88 Å². The molecule has 0 radical (unpaired) electrons. The van der Waals surface area contributed by atoms with Crippen molar-refractivity contribution in [2.45, 2.75) is 26.3 Å². The first kappa shape index (κ1) is 19.4. The number of carbonyl (C=O) groups is 2. The molecule has 5 nitrogen and oxygen atoms in total. The van der Waals surface area contributed by atoms with Gasteiger partial charge < -0.3 is 10.2 Å². The zero-order chi connectivity index (χ0) is 20.7. The average Bonchev–Trinajstić information content (AvgIpc) is 3.44. The Hall–Kier alpha value is -2.55. The van der Waals surface area contributed by atoms with Crippen LogP contribution in [0.4, 0.5) is 5.00 Å². The first-order valence-corrected chi connectivity index (χ1v) is 12.2. The number of fused-ring (bicyclic) bond motifs is 2. The van der Waals surface area contributed by atoms with Crippen LogP contribution in [0.1, 0.15) is 22.2 Å². The lowest BCUT2D eigenvalue weighted by molar-refractivity contribution is -0.129. The van der Waals surface area contributed by atoms with E-state index in [1.807, 2.05) is 40.6 Å². The SMILES string of the molecule is CC(=O)N1CCc2c(sc(NC(=O)Cc3cccs3)c2-c2nc3ccccc3s2)C1. The molecule has 3 aromatic heterocycles. The standard InChI is InChI=1S/C22H19N3O2S3/c1-13(26)25-9-8-15-18(12-25)30-22(24-19(27)11-14-5-4-10-28-14)20(15)21-23-16-6-2-3-7-17(16)29-21/h2-7,10H,8-9,11-12H2,1H3,(H,24,27). The maximum atomic E-state index is 12.7. The molecule has 0 fully saturated rings. The highest BCUT2D eigenvalue weighted by Crippen LogP contribution is 2.45. The van der Waals surface area contributed by atoms with Gasteiger partial charge in [-0.2, -0.15) is 0 Å². The van der Waals surface area contributed by atoms with Crippen molar-refractivity contribution >= 4 is 61.0 Å². The van der Waals surface area contributed by atoms with Crippen LogP contribution >= 0.6 is 34.0 Å². The van der Waals surface area contributed by atoms with Gasteiger partial charge in [-0.1, -0.05) is 18.2 Å². The van der Waals surface area contributed by atoms with Crippen LogP contribution in [-0.2, 0) is 29.0 Å². The molecule has 0 spiro atoms. The van der Waals surface area contributed by atoms with Crippen LogP contribution in [0.5, 0.6) is 0 Å². The fraction of sp³-hybridized carbons (Fsp3) is 0.227. The molecule has 1 N–H and O–H groups in total. The Morgan fingerprint density at radius 2 is 2.03 bits per heavy atom. The van der Waals surface area contributed by atoms with Crippen molar-refractivity contribution < 1.29 is 9.59 Å². The topological polar surface area (TPSA) is 62.3 Å². The highest BCUT2D eigenvalue weighted by Gasteiger charge is 2.28. The van der Waals surface area contributed by atoms with E-state index in [1.165, 1.54) is 5.56 Å². The van der Waals surface area contributed by atoms with Crippen molar-refractivity contribution in [3.8, 4) is 10.6 Å². The summed E-state index contributed by atoms with van der Waals surface area (Å²) >= 11 is 4.80. The number of nitrogens with one attached hydrogen (secondary N) is 1. The van der Waals surface area contributed by atoms with E-state index in [0.717, 1.165) is 42.0 Å². The van der Waals surface area contributed by atoms with Crippen LogP contribution in [0.25, 0.3) is 20.8 Å². The van der Waals surface area contributed by atoms with E-state index >= 15 is 0 Å². The zero-order valence-electron chi connectivity index (χ0n) is 16.3. The third-order valence-corrected chi connectivity index (χ3v) is 8.24. The molecule has 4 aromatic rings. The van der Waals surface area contributed by atoms with Gasteiger partial charge in [0, 0.05) is 28.8 Å². The number of amides is 2. The molecule has 0 saturated heterocycles. The summed E-state index contributed by atoms with van der Waals surface area (Å²) in [6.07, 6.45) is 1.14. The first-order valence-electron chi connectivity index (χ1n) is 9.66. The Labute approximate surface area is 186 Å². The maximum Gasteiger partial charge on any atom is 0.230 e. The Kier molecular flexibility index (Phi) is 5.14. The minimum absolute atomic E-state index is 0.0261. The molecule has 5 rings (SSSR count). The number of para-hydroxylation sites is 1. The summed E-state index contributed by atoms with van der Waals surface area (Å²) in [4.78, 5) is 33.5.